The summed E-state index contributed by atoms with van der Waals surface area (Å²) in [5.74, 6) is 2.75. The third kappa shape index (κ3) is 2.59. The molecule has 4 heteroatoms. The van der Waals surface area contributed by atoms with Crippen LogP contribution in [0.2, 0.25) is 0 Å². The van der Waals surface area contributed by atoms with E-state index in [1.54, 1.807) is 0 Å². The molecule has 4 nitrogen and oxygen atoms in total. The maximum atomic E-state index is 4.58. The number of nitrogens with one attached hydrogen (secondary N) is 1. The standard InChI is InChI=1S/C16H20N4/c1-3-8-17-15-9-16(19-12(2)18-15)20-10-13-6-4-5-7-14(13)11-20/h4-7,9H,3,8,10-11H2,1-2H3,(H,17,18,19). The van der Waals surface area contributed by atoms with Crippen molar-refractivity contribution in [3.05, 3.63) is 47.3 Å². The highest BCUT2D eigenvalue weighted by Gasteiger charge is 2.20. The zero-order valence-corrected chi connectivity index (χ0v) is 12.1. The molecule has 2 heterocycles. The Kier molecular flexibility index (Phi) is 3.54. The Morgan fingerprint density at radius 3 is 2.50 bits per heavy atom. The first-order valence-corrected chi connectivity index (χ1v) is 7.17. The second kappa shape index (κ2) is 5.49. The minimum absolute atomic E-state index is 0.817. The van der Waals surface area contributed by atoms with Crippen molar-refractivity contribution in [1.82, 2.24) is 9.97 Å². The van der Waals surface area contributed by atoms with Gasteiger partial charge in [-0.15, -0.1) is 0 Å². The maximum Gasteiger partial charge on any atom is 0.134 e. The van der Waals surface area contributed by atoms with Crippen LogP contribution in [0.15, 0.2) is 30.3 Å². The van der Waals surface area contributed by atoms with E-state index in [1.807, 2.05) is 6.92 Å². The summed E-state index contributed by atoms with van der Waals surface area (Å²) < 4.78 is 0. The second-order valence-corrected chi connectivity index (χ2v) is 5.21. The number of rotatable bonds is 4. The van der Waals surface area contributed by atoms with E-state index in [2.05, 4.69) is 57.4 Å². The van der Waals surface area contributed by atoms with Crippen molar-refractivity contribution in [1.29, 1.82) is 0 Å². The molecule has 1 aliphatic rings. The number of benzene rings is 1. The van der Waals surface area contributed by atoms with Crippen LogP contribution in [0, 0.1) is 6.92 Å². The van der Waals surface area contributed by atoms with Gasteiger partial charge in [0, 0.05) is 25.7 Å². The van der Waals surface area contributed by atoms with Gasteiger partial charge in [0.15, 0.2) is 0 Å². The number of nitrogens with zero attached hydrogens (tertiary/aromatic N) is 3. The molecule has 0 saturated carbocycles. The number of hydrogen-bond acceptors (Lipinski definition) is 4. The van der Waals surface area contributed by atoms with E-state index in [0.29, 0.717) is 0 Å². The predicted octanol–water partition coefficient (Wildman–Crippen LogP) is 3.13. The second-order valence-electron chi connectivity index (χ2n) is 5.21. The Balaban J connectivity index is 1.83. The molecule has 0 aliphatic carbocycles. The molecule has 3 rings (SSSR count). The molecule has 0 unspecified atom stereocenters. The van der Waals surface area contributed by atoms with Crippen LogP contribution >= 0.6 is 0 Å². The van der Waals surface area contributed by atoms with Gasteiger partial charge < -0.3 is 10.2 Å². The van der Waals surface area contributed by atoms with E-state index in [4.69, 9.17) is 0 Å². The van der Waals surface area contributed by atoms with Crippen LogP contribution in [0.5, 0.6) is 0 Å². The lowest BCUT2D eigenvalue weighted by atomic mass is 10.1. The Bertz CT molecular complexity index is 584. The third-order valence-electron chi connectivity index (χ3n) is 3.55. The van der Waals surface area contributed by atoms with Crippen molar-refractivity contribution in [3.8, 4) is 0 Å². The van der Waals surface area contributed by atoms with Crippen LogP contribution in [0.3, 0.4) is 0 Å². The summed E-state index contributed by atoms with van der Waals surface area (Å²) in [4.78, 5) is 11.3. The lowest BCUT2D eigenvalue weighted by Gasteiger charge is -2.18. The van der Waals surface area contributed by atoms with Gasteiger partial charge in [-0.05, 0) is 24.5 Å². The van der Waals surface area contributed by atoms with Crippen molar-refractivity contribution in [2.75, 3.05) is 16.8 Å². The van der Waals surface area contributed by atoms with Gasteiger partial charge in [0.2, 0.25) is 0 Å². The van der Waals surface area contributed by atoms with Crippen LogP contribution < -0.4 is 10.2 Å². The van der Waals surface area contributed by atoms with Crippen LogP contribution in [0.25, 0.3) is 0 Å². The molecule has 1 N–H and O–H groups in total. The first kappa shape index (κ1) is 12.9. The molecule has 20 heavy (non-hydrogen) atoms. The Morgan fingerprint density at radius 2 is 1.85 bits per heavy atom. The Hall–Kier alpha value is -2.10. The Morgan fingerprint density at radius 1 is 1.15 bits per heavy atom. The lowest BCUT2D eigenvalue weighted by Crippen LogP contribution is -2.17. The SMILES string of the molecule is CCCNc1cc(N2Cc3ccccc3C2)nc(C)n1. The molecule has 0 saturated heterocycles. The van der Waals surface area contributed by atoms with Gasteiger partial charge in [-0.25, -0.2) is 9.97 Å². The topological polar surface area (TPSA) is 41.0 Å². The molecule has 0 amide bonds. The molecule has 1 aromatic heterocycles. The van der Waals surface area contributed by atoms with Gasteiger partial charge in [-0.3, -0.25) is 0 Å². The molecule has 0 bridgehead atoms. The van der Waals surface area contributed by atoms with Gasteiger partial charge in [-0.2, -0.15) is 0 Å². The van der Waals surface area contributed by atoms with Gasteiger partial charge >= 0.3 is 0 Å². The first-order chi connectivity index (χ1) is 9.76. The van der Waals surface area contributed by atoms with E-state index >= 15 is 0 Å². The quantitative estimate of drug-likeness (QED) is 0.925. The van der Waals surface area contributed by atoms with Crippen molar-refractivity contribution >= 4 is 11.6 Å². The first-order valence-electron chi connectivity index (χ1n) is 7.17. The molecule has 1 aromatic carbocycles. The van der Waals surface area contributed by atoms with Crippen LogP contribution in [0.1, 0.15) is 30.3 Å². The van der Waals surface area contributed by atoms with E-state index < -0.39 is 0 Å². The molecule has 0 spiro atoms. The summed E-state index contributed by atoms with van der Waals surface area (Å²) in [7, 11) is 0. The number of anilines is 2. The largest absolute Gasteiger partial charge is 0.370 e. The van der Waals surface area contributed by atoms with Gasteiger partial charge in [0.05, 0.1) is 0 Å². The minimum atomic E-state index is 0.817. The fourth-order valence-electron chi connectivity index (χ4n) is 2.55. The van der Waals surface area contributed by atoms with E-state index in [0.717, 1.165) is 43.5 Å². The van der Waals surface area contributed by atoms with Gasteiger partial charge in [0.1, 0.15) is 17.5 Å². The number of aryl methyl sites for hydroxylation is 1. The summed E-state index contributed by atoms with van der Waals surface area (Å²) in [5, 5.41) is 3.34. The predicted molar refractivity (Wildman–Crippen MR) is 81.9 cm³/mol. The normalized spacial score (nSPS) is 13.4. The summed E-state index contributed by atoms with van der Waals surface area (Å²) in [6, 6.07) is 10.6. The van der Waals surface area contributed by atoms with Gasteiger partial charge in [0.25, 0.3) is 0 Å². The fraction of sp³-hybridized carbons (Fsp3) is 0.375. The van der Waals surface area contributed by atoms with E-state index in [9.17, 15) is 0 Å². The highest BCUT2D eigenvalue weighted by molar-refractivity contribution is 5.53. The number of hydrogen-bond donors (Lipinski definition) is 1. The zero-order chi connectivity index (χ0) is 13.9. The van der Waals surface area contributed by atoms with Crippen molar-refractivity contribution in [2.24, 2.45) is 0 Å². The van der Waals surface area contributed by atoms with Crippen molar-refractivity contribution < 1.29 is 0 Å². The van der Waals surface area contributed by atoms with Crippen LogP contribution in [-0.2, 0) is 13.1 Å². The highest BCUT2D eigenvalue weighted by Crippen LogP contribution is 2.27. The summed E-state index contributed by atoms with van der Waals surface area (Å²) in [5.41, 5.74) is 2.79. The van der Waals surface area contributed by atoms with E-state index in [1.165, 1.54) is 11.1 Å². The molecule has 0 fully saturated rings. The summed E-state index contributed by atoms with van der Waals surface area (Å²) in [6.07, 6.45) is 1.09. The lowest BCUT2D eigenvalue weighted by molar-refractivity contribution is 0.841. The molecular formula is C16H20N4. The van der Waals surface area contributed by atoms with Gasteiger partial charge in [-0.1, -0.05) is 31.2 Å². The highest BCUT2D eigenvalue weighted by atomic mass is 15.2. The average molecular weight is 268 g/mol. The molecule has 2 aromatic rings. The maximum absolute atomic E-state index is 4.58. The monoisotopic (exact) mass is 268 g/mol. The van der Waals surface area contributed by atoms with E-state index in [-0.39, 0.29) is 0 Å². The molecule has 104 valence electrons. The third-order valence-corrected chi connectivity index (χ3v) is 3.55. The average Bonchev–Trinajstić information content (AvgIpc) is 2.88. The zero-order valence-electron chi connectivity index (χ0n) is 12.1. The minimum Gasteiger partial charge on any atom is -0.370 e. The molecule has 1 aliphatic heterocycles. The number of aromatic nitrogens is 2. The summed E-state index contributed by atoms with van der Waals surface area (Å²) in [6.45, 7) is 6.90. The Labute approximate surface area is 119 Å². The smallest absolute Gasteiger partial charge is 0.134 e. The fourth-order valence-corrected chi connectivity index (χ4v) is 2.55. The molecular weight excluding hydrogens is 248 g/mol. The van der Waals surface area contributed by atoms with Crippen molar-refractivity contribution in [2.45, 2.75) is 33.4 Å². The number of fused-ring (bicyclic) bond motifs is 1. The van der Waals surface area contributed by atoms with Crippen LogP contribution in [0.4, 0.5) is 11.6 Å². The van der Waals surface area contributed by atoms with Crippen molar-refractivity contribution in [3.63, 3.8) is 0 Å². The molecule has 0 atom stereocenters. The summed E-state index contributed by atoms with van der Waals surface area (Å²) >= 11 is 0. The molecule has 0 radical (unpaired) electrons. The van der Waals surface area contributed by atoms with Crippen LogP contribution in [-0.4, -0.2) is 16.5 Å².